The Labute approximate surface area is 114 Å². The predicted octanol–water partition coefficient (Wildman–Crippen LogP) is -1.36. The van der Waals surface area contributed by atoms with E-state index in [-0.39, 0.29) is 11.8 Å². The molecule has 106 valence electrons. The van der Waals surface area contributed by atoms with Crippen molar-refractivity contribution in [3.63, 3.8) is 0 Å². The summed E-state index contributed by atoms with van der Waals surface area (Å²) in [4.78, 5) is 35.9. The molecule has 0 aromatic rings. The van der Waals surface area contributed by atoms with Crippen LogP contribution >= 0.6 is 0 Å². The minimum atomic E-state index is -1.19. The van der Waals surface area contributed by atoms with Gasteiger partial charge in [0.15, 0.2) is 0 Å². The third kappa shape index (κ3) is 4.90. The van der Waals surface area contributed by atoms with Crippen LogP contribution in [0.2, 0.25) is 0 Å². The number of imide groups is 1. The standard InChI is InChI=1S/C11H21BN4O3/c1-6(2)7(13-3)10(18)16(5)11(19)15-8(12)9(17)14-4/h6-8,13H,1-5H3,(H,14,17)(H,15,19)/t7-,8-/m0/s1. The molecule has 0 aliphatic rings. The monoisotopic (exact) mass is 268 g/mol. The summed E-state index contributed by atoms with van der Waals surface area (Å²) in [7, 11) is 9.82. The zero-order valence-corrected chi connectivity index (χ0v) is 12.0. The fourth-order valence-electron chi connectivity index (χ4n) is 1.50. The molecule has 0 unspecified atom stereocenters. The van der Waals surface area contributed by atoms with Crippen LogP contribution in [0.15, 0.2) is 0 Å². The number of hydrogen-bond acceptors (Lipinski definition) is 4. The van der Waals surface area contributed by atoms with E-state index >= 15 is 0 Å². The van der Waals surface area contributed by atoms with Gasteiger partial charge in [-0.05, 0) is 13.0 Å². The van der Waals surface area contributed by atoms with Gasteiger partial charge in [0.2, 0.25) is 11.8 Å². The molecular weight excluding hydrogens is 247 g/mol. The largest absolute Gasteiger partial charge is 0.358 e. The molecule has 19 heavy (non-hydrogen) atoms. The van der Waals surface area contributed by atoms with Gasteiger partial charge in [-0.15, -0.1) is 0 Å². The van der Waals surface area contributed by atoms with Gasteiger partial charge in [0.1, 0.15) is 7.85 Å². The van der Waals surface area contributed by atoms with E-state index in [1.165, 1.54) is 14.1 Å². The van der Waals surface area contributed by atoms with Gasteiger partial charge in [0.25, 0.3) is 0 Å². The average molecular weight is 268 g/mol. The molecule has 0 heterocycles. The van der Waals surface area contributed by atoms with Crippen molar-refractivity contribution < 1.29 is 14.4 Å². The van der Waals surface area contributed by atoms with Crippen molar-refractivity contribution in [3.05, 3.63) is 0 Å². The molecule has 3 N–H and O–H groups in total. The Kier molecular flexibility index (Phi) is 7.14. The molecule has 0 saturated carbocycles. The summed E-state index contributed by atoms with van der Waals surface area (Å²) in [6.45, 7) is 3.72. The average Bonchev–Trinajstić information content (AvgIpc) is 2.36. The Bertz CT molecular complexity index is 349. The highest BCUT2D eigenvalue weighted by Crippen LogP contribution is 2.04. The summed E-state index contributed by atoms with van der Waals surface area (Å²) in [5.41, 5.74) is 0. The first-order valence-corrected chi connectivity index (χ1v) is 5.98. The molecule has 8 heteroatoms. The number of carbonyl (C=O) groups is 3. The molecule has 0 aliphatic carbocycles. The maximum atomic E-state index is 12.0. The van der Waals surface area contributed by atoms with E-state index in [1.54, 1.807) is 7.05 Å². The first-order chi connectivity index (χ1) is 8.76. The second kappa shape index (κ2) is 7.78. The summed E-state index contributed by atoms with van der Waals surface area (Å²) >= 11 is 0. The van der Waals surface area contributed by atoms with Gasteiger partial charge in [0.05, 0.1) is 12.0 Å². The maximum Gasteiger partial charge on any atom is 0.323 e. The van der Waals surface area contributed by atoms with Crippen LogP contribution in [0, 0.1) is 5.92 Å². The van der Waals surface area contributed by atoms with Gasteiger partial charge < -0.3 is 16.0 Å². The van der Waals surface area contributed by atoms with Crippen molar-refractivity contribution >= 4 is 25.7 Å². The molecule has 0 fully saturated rings. The quantitative estimate of drug-likeness (QED) is 0.537. The van der Waals surface area contributed by atoms with E-state index in [4.69, 9.17) is 7.85 Å². The van der Waals surface area contributed by atoms with Crippen LogP contribution in [0.4, 0.5) is 4.79 Å². The van der Waals surface area contributed by atoms with Gasteiger partial charge in [-0.2, -0.15) is 0 Å². The number of hydrogen-bond donors (Lipinski definition) is 3. The first-order valence-electron chi connectivity index (χ1n) is 5.98. The number of amides is 4. The molecule has 0 saturated heterocycles. The van der Waals surface area contributed by atoms with Crippen LogP contribution in [0.3, 0.4) is 0 Å². The Hall–Kier alpha value is -1.57. The molecule has 7 nitrogen and oxygen atoms in total. The highest BCUT2D eigenvalue weighted by Gasteiger charge is 2.28. The molecule has 0 aliphatic heterocycles. The van der Waals surface area contributed by atoms with Gasteiger partial charge in [-0.3, -0.25) is 14.5 Å². The fourth-order valence-corrected chi connectivity index (χ4v) is 1.50. The highest BCUT2D eigenvalue weighted by molar-refractivity contribution is 6.25. The molecular formula is C11H21BN4O3. The van der Waals surface area contributed by atoms with E-state index in [9.17, 15) is 14.4 Å². The Morgan fingerprint density at radius 2 is 1.68 bits per heavy atom. The Morgan fingerprint density at radius 3 is 2.05 bits per heavy atom. The number of nitrogens with one attached hydrogen (secondary N) is 3. The van der Waals surface area contributed by atoms with Crippen LogP contribution < -0.4 is 16.0 Å². The third-order valence-electron chi connectivity index (χ3n) is 2.69. The fraction of sp³-hybridized carbons (Fsp3) is 0.727. The molecule has 0 aromatic heterocycles. The smallest absolute Gasteiger partial charge is 0.323 e. The zero-order valence-electron chi connectivity index (χ0n) is 12.0. The van der Waals surface area contributed by atoms with Crippen molar-refractivity contribution in [1.29, 1.82) is 0 Å². The van der Waals surface area contributed by atoms with Crippen LogP contribution in [-0.4, -0.2) is 63.7 Å². The maximum absolute atomic E-state index is 12.0. The van der Waals surface area contributed by atoms with Crippen LogP contribution in [0.25, 0.3) is 0 Å². The Balaban J connectivity index is 4.64. The van der Waals surface area contributed by atoms with E-state index in [0.29, 0.717) is 0 Å². The normalized spacial score (nSPS) is 13.6. The van der Waals surface area contributed by atoms with Gasteiger partial charge in [-0.1, -0.05) is 13.8 Å². The van der Waals surface area contributed by atoms with Crippen molar-refractivity contribution in [3.8, 4) is 0 Å². The van der Waals surface area contributed by atoms with Gasteiger partial charge in [-0.25, -0.2) is 4.79 Å². The molecule has 0 rings (SSSR count). The summed E-state index contributed by atoms with van der Waals surface area (Å²) in [6.07, 6.45) is 0. The highest BCUT2D eigenvalue weighted by atomic mass is 16.2. The van der Waals surface area contributed by atoms with E-state index in [1.807, 2.05) is 13.8 Å². The lowest BCUT2D eigenvalue weighted by Gasteiger charge is -2.25. The van der Waals surface area contributed by atoms with Crippen LogP contribution in [0.1, 0.15) is 13.8 Å². The van der Waals surface area contributed by atoms with Gasteiger partial charge in [0, 0.05) is 14.1 Å². The van der Waals surface area contributed by atoms with Gasteiger partial charge >= 0.3 is 6.03 Å². The molecule has 0 spiro atoms. The first kappa shape index (κ1) is 17.4. The predicted molar refractivity (Wildman–Crippen MR) is 72.6 cm³/mol. The van der Waals surface area contributed by atoms with Crippen molar-refractivity contribution in [2.45, 2.75) is 25.8 Å². The molecule has 2 radical (unpaired) electrons. The second-order valence-electron chi connectivity index (χ2n) is 4.45. The zero-order chi connectivity index (χ0) is 15.2. The SMILES string of the molecule is [B][C@@H](NC(=O)N(C)C(=O)[C@@H](NC)C(C)C)C(=O)NC. The number of likely N-dealkylation sites (N-methyl/N-ethyl adjacent to an activating group) is 3. The molecule has 0 aromatic carbocycles. The lowest BCUT2D eigenvalue weighted by Crippen LogP contribution is -2.55. The number of rotatable bonds is 5. The minimum absolute atomic E-state index is 0.0281. The lowest BCUT2D eigenvalue weighted by molar-refractivity contribution is -0.130. The van der Waals surface area contributed by atoms with Crippen molar-refractivity contribution in [2.24, 2.45) is 5.92 Å². The minimum Gasteiger partial charge on any atom is -0.358 e. The summed E-state index contributed by atoms with van der Waals surface area (Å²) in [5.74, 6) is -2.09. The lowest BCUT2D eigenvalue weighted by atomic mass is 9.96. The Morgan fingerprint density at radius 1 is 1.16 bits per heavy atom. The number of urea groups is 1. The summed E-state index contributed by atoms with van der Waals surface area (Å²) in [6, 6.07) is -1.20. The van der Waals surface area contributed by atoms with Crippen LogP contribution in [-0.2, 0) is 9.59 Å². The topological polar surface area (TPSA) is 90.5 Å². The van der Waals surface area contributed by atoms with E-state index in [2.05, 4.69) is 16.0 Å². The molecule has 2 atom stereocenters. The van der Waals surface area contributed by atoms with Crippen molar-refractivity contribution in [1.82, 2.24) is 20.9 Å². The second-order valence-corrected chi connectivity index (χ2v) is 4.45. The van der Waals surface area contributed by atoms with Crippen LogP contribution in [0.5, 0.6) is 0 Å². The summed E-state index contributed by atoms with van der Waals surface area (Å²) in [5, 5.41) is 7.37. The van der Waals surface area contributed by atoms with Crippen molar-refractivity contribution in [2.75, 3.05) is 21.1 Å². The van der Waals surface area contributed by atoms with E-state index in [0.717, 1.165) is 4.90 Å². The third-order valence-corrected chi connectivity index (χ3v) is 2.69. The molecule has 4 amide bonds. The molecule has 0 bridgehead atoms. The summed E-state index contributed by atoms with van der Waals surface area (Å²) < 4.78 is 0. The van der Waals surface area contributed by atoms with E-state index < -0.39 is 23.9 Å². The number of nitrogens with zero attached hydrogens (tertiary/aromatic N) is 1. The number of carbonyl (C=O) groups excluding carboxylic acids is 3.